The van der Waals surface area contributed by atoms with E-state index < -0.39 is 19.0 Å². The molecule has 1 radical (unpaired) electrons. The molecule has 0 aromatic heterocycles. The molecule has 0 aliphatic rings. The van der Waals surface area contributed by atoms with Gasteiger partial charge in [0, 0.05) is 10.6 Å². The first-order valence-corrected chi connectivity index (χ1v) is 4.83. The molecule has 15 heavy (non-hydrogen) atoms. The molecule has 0 fully saturated rings. The monoisotopic (exact) mass is 231 g/mol. The summed E-state index contributed by atoms with van der Waals surface area (Å²) in [5.74, 6) is 0. The first kappa shape index (κ1) is 12.4. The van der Waals surface area contributed by atoms with Crippen molar-refractivity contribution in [1.29, 1.82) is 0 Å². The van der Waals surface area contributed by atoms with E-state index in [-0.39, 0.29) is 6.61 Å². The molecule has 0 aliphatic carbocycles. The fourth-order valence-corrected chi connectivity index (χ4v) is 1.20. The highest BCUT2D eigenvalue weighted by atomic mass is 35.5. The summed E-state index contributed by atoms with van der Waals surface area (Å²) >= 11 is 5.70. The molecule has 4 nitrogen and oxygen atoms in total. The summed E-state index contributed by atoms with van der Waals surface area (Å²) in [7, 11) is 0. The second kappa shape index (κ2) is 6.05. The van der Waals surface area contributed by atoms with Crippen LogP contribution in [0.1, 0.15) is 11.9 Å². The summed E-state index contributed by atoms with van der Waals surface area (Å²) in [5.41, 5.74) is 0.396. The van der Waals surface area contributed by atoms with E-state index in [1.807, 2.05) is 0 Å². The fourth-order valence-electron chi connectivity index (χ4n) is 1.00. The largest absolute Gasteiger partial charge is 0.394 e. The van der Waals surface area contributed by atoms with E-state index in [4.69, 9.17) is 26.6 Å². The Kier molecular flexibility index (Phi) is 5.01. The van der Waals surface area contributed by atoms with E-state index in [1.165, 1.54) is 6.07 Å². The topological polar surface area (TPSA) is 69.6 Å². The molecule has 0 saturated carbocycles. The third-order valence-corrected chi connectivity index (χ3v) is 2.01. The summed E-state index contributed by atoms with van der Waals surface area (Å²) < 4.78 is 4.81. The molecule has 1 rings (SSSR count). The summed E-state index contributed by atoms with van der Waals surface area (Å²) in [5, 5.41) is 29.4. The molecule has 2 unspecified atom stereocenters. The van der Waals surface area contributed by atoms with Crippen molar-refractivity contribution in [2.75, 3.05) is 13.2 Å². The molecule has 1 aromatic carbocycles. The molecule has 0 spiro atoms. The van der Waals surface area contributed by atoms with Crippen LogP contribution in [-0.4, -0.2) is 29.5 Å². The van der Waals surface area contributed by atoms with Crippen molar-refractivity contribution in [1.82, 2.24) is 0 Å². The van der Waals surface area contributed by atoms with Crippen LogP contribution in [0.2, 0.25) is 5.02 Å². The number of aliphatic hydroxyl groups is 2. The molecule has 0 saturated heterocycles. The Labute approximate surface area is 92.7 Å². The lowest BCUT2D eigenvalue weighted by atomic mass is 10.2. The number of hydrogen-bond donors (Lipinski definition) is 2. The van der Waals surface area contributed by atoms with Crippen molar-refractivity contribution in [2.24, 2.45) is 0 Å². The van der Waals surface area contributed by atoms with Crippen LogP contribution in [0, 0.1) is 0 Å². The zero-order chi connectivity index (χ0) is 11.3. The van der Waals surface area contributed by atoms with Crippen LogP contribution in [-0.2, 0) is 9.84 Å². The SMILES string of the molecule is [O]C(OCC(O)CO)c1cccc(Cl)c1. The number of hydrogen-bond acceptors (Lipinski definition) is 3. The van der Waals surface area contributed by atoms with Gasteiger partial charge in [0.15, 0.2) is 0 Å². The van der Waals surface area contributed by atoms with E-state index in [1.54, 1.807) is 18.2 Å². The molecular formula is C10H12ClO4. The van der Waals surface area contributed by atoms with Crippen LogP contribution in [0.25, 0.3) is 0 Å². The molecule has 2 N–H and O–H groups in total. The Morgan fingerprint density at radius 2 is 2.20 bits per heavy atom. The minimum Gasteiger partial charge on any atom is -0.394 e. The lowest BCUT2D eigenvalue weighted by molar-refractivity contribution is -0.163. The van der Waals surface area contributed by atoms with E-state index in [0.717, 1.165) is 0 Å². The third kappa shape index (κ3) is 4.15. The zero-order valence-corrected chi connectivity index (χ0v) is 8.72. The van der Waals surface area contributed by atoms with Crippen molar-refractivity contribution in [3.63, 3.8) is 0 Å². The van der Waals surface area contributed by atoms with Crippen LogP contribution in [0.3, 0.4) is 0 Å². The van der Waals surface area contributed by atoms with E-state index in [2.05, 4.69) is 0 Å². The van der Waals surface area contributed by atoms with Crippen molar-refractivity contribution in [3.8, 4) is 0 Å². The number of benzene rings is 1. The second-order valence-electron chi connectivity index (χ2n) is 3.06. The molecule has 1 aromatic rings. The number of rotatable bonds is 5. The molecule has 0 bridgehead atoms. The van der Waals surface area contributed by atoms with Gasteiger partial charge in [-0.1, -0.05) is 23.7 Å². The Balaban J connectivity index is 2.50. The van der Waals surface area contributed by atoms with Crippen LogP contribution >= 0.6 is 11.6 Å². The maximum Gasteiger partial charge on any atom is 0.217 e. The average molecular weight is 232 g/mol. The lowest BCUT2D eigenvalue weighted by Gasteiger charge is -2.12. The Hall–Kier alpha value is -0.650. The van der Waals surface area contributed by atoms with Gasteiger partial charge in [0.2, 0.25) is 6.29 Å². The molecule has 2 atom stereocenters. The first-order chi connectivity index (χ1) is 7.13. The highest BCUT2D eigenvalue weighted by molar-refractivity contribution is 6.30. The van der Waals surface area contributed by atoms with Crippen molar-refractivity contribution < 1.29 is 20.1 Å². The molecule has 5 heteroatoms. The summed E-state index contributed by atoms with van der Waals surface area (Å²) in [6.07, 6.45) is -2.43. The van der Waals surface area contributed by atoms with Crippen molar-refractivity contribution in [3.05, 3.63) is 34.9 Å². The Morgan fingerprint density at radius 3 is 2.80 bits per heavy atom. The highest BCUT2D eigenvalue weighted by Crippen LogP contribution is 2.19. The van der Waals surface area contributed by atoms with Gasteiger partial charge in [-0.2, -0.15) is 5.11 Å². The van der Waals surface area contributed by atoms with Crippen LogP contribution < -0.4 is 0 Å². The third-order valence-electron chi connectivity index (χ3n) is 1.77. The minimum absolute atomic E-state index is 0.197. The van der Waals surface area contributed by atoms with Crippen molar-refractivity contribution >= 4 is 11.6 Å². The summed E-state index contributed by atoms with van der Waals surface area (Å²) in [6, 6.07) is 6.40. The Bertz CT molecular complexity index is 305. The normalized spacial score (nSPS) is 14.9. The van der Waals surface area contributed by atoms with E-state index >= 15 is 0 Å². The van der Waals surface area contributed by atoms with Crippen molar-refractivity contribution in [2.45, 2.75) is 12.4 Å². The van der Waals surface area contributed by atoms with Gasteiger partial charge >= 0.3 is 0 Å². The highest BCUT2D eigenvalue weighted by Gasteiger charge is 2.12. The predicted octanol–water partition coefficient (Wildman–Crippen LogP) is 1.14. The van der Waals surface area contributed by atoms with Gasteiger partial charge in [-0.05, 0) is 12.1 Å². The lowest BCUT2D eigenvalue weighted by Crippen LogP contribution is -2.20. The van der Waals surface area contributed by atoms with Gasteiger partial charge in [0.25, 0.3) is 0 Å². The molecule has 0 aliphatic heterocycles. The second-order valence-corrected chi connectivity index (χ2v) is 3.49. The predicted molar refractivity (Wildman–Crippen MR) is 53.9 cm³/mol. The summed E-state index contributed by atoms with van der Waals surface area (Å²) in [6.45, 7) is -0.626. The van der Waals surface area contributed by atoms with Gasteiger partial charge in [0.05, 0.1) is 13.2 Å². The molecule has 0 amide bonds. The number of ether oxygens (including phenoxy) is 1. The zero-order valence-electron chi connectivity index (χ0n) is 7.97. The molecule has 83 valence electrons. The summed E-state index contributed by atoms with van der Waals surface area (Å²) in [4.78, 5) is 0. The number of halogens is 1. The number of aliphatic hydroxyl groups excluding tert-OH is 2. The van der Waals surface area contributed by atoms with Gasteiger partial charge in [-0.3, -0.25) is 0 Å². The fraction of sp³-hybridized carbons (Fsp3) is 0.400. The van der Waals surface area contributed by atoms with E-state index in [9.17, 15) is 5.11 Å². The van der Waals surface area contributed by atoms with Gasteiger partial charge in [0.1, 0.15) is 6.10 Å². The van der Waals surface area contributed by atoms with Gasteiger partial charge in [-0.25, -0.2) is 0 Å². The first-order valence-electron chi connectivity index (χ1n) is 4.45. The standard InChI is InChI=1S/C10H12ClO4/c11-8-3-1-2-7(4-8)10(14)15-6-9(13)5-12/h1-4,9-10,12-13H,5-6H2. The quantitative estimate of drug-likeness (QED) is 0.747. The van der Waals surface area contributed by atoms with Gasteiger partial charge in [-0.15, -0.1) is 0 Å². The Morgan fingerprint density at radius 1 is 1.47 bits per heavy atom. The minimum atomic E-state index is -1.40. The molecular weight excluding hydrogens is 220 g/mol. The maximum atomic E-state index is 11.4. The van der Waals surface area contributed by atoms with Crippen LogP contribution in [0.15, 0.2) is 24.3 Å². The average Bonchev–Trinajstić information content (AvgIpc) is 2.25. The maximum absolute atomic E-state index is 11.4. The van der Waals surface area contributed by atoms with Gasteiger partial charge < -0.3 is 14.9 Å². The smallest absolute Gasteiger partial charge is 0.217 e. The van der Waals surface area contributed by atoms with Crippen LogP contribution in [0.5, 0.6) is 0 Å². The van der Waals surface area contributed by atoms with E-state index in [0.29, 0.717) is 10.6 Å². The molecule has 0 heterocycles. The van der Waals surface area contributed by atoms with Crippen LogP contribution in [0.4, 0.5) is 0 Å².